The van der Waals surface area contributed by atoms with Crippen molar-refractivity contribution in [2.24, 2.45) is 4.99 Å². The topological polar surface area (TPSA) is 53.9 Å². The Bertz CT molecular complexity index is 1020. The molecule has 1 aliphatic heterocycles. The van der Waals surface area contributed by atoms with Gasteiger partial charge in [-0.3, -0.25) is 0 Å². The van der Waals surface area contributed by atoms with Crippen LogP contribution < -0.4 is 10.2 Å². The molecule has 8 heteroatoms. The summed E-state index contributed by atoms with van der Waals surface area (Å²) in [5, 5.41) is 5.05. The average Bonchev–Trinajstić information content (AvgIpc) is 2.74. The number of rotatable bonds is 6. The Kier molecular flexibility index (Phi) is 7.92. The summed E-state index contributed by atoms with van der Waals surface area (Å²) in [7, 11) is 3.98. The Morgan fingerprint density at radius 3 is 2.48 bits per heavy atom. The lowest BCUT2D eigenvalue weighted by Crippen LogP contribution is -2.30. The number of hydrogen-bond acceptors (Lipinski definition) is 6. The first-order valence-electron chi connectivity index (χ1n) is 9.86. The number of allylic oxidation sites excluding steroid dienone is 1. The summed E-state index contributed by atoms with van der Waals surface area (Å²) in [5.74, 6) is 0.309. The van der Waals surface area contributed by atoms with Crippen LogP contribution in [-0.2, 0) is 15.3 Å². The highest BCUT2D eigenvalue weighted by Gasteiger charge is 2.30. The van der Waals surface area contributed by atoms with Crippen molar-refractivity contribution < 1.29 is 9.53 Å². The largest absolute Gasteiger partial charge is 0.463 e. The van der Waals surface area contributed by atoms with Crippen LogP contribution in [0.2, 0.25) is 10.0 Å². The Morgan fingerprint density at radius 1 is 1.16 bits per heavy atom. The molecule has 1 heterocycles. The molecule has 164 valence electrons. The predicted molar refractivity (Wildman–Crippen MR) is 131 cm³/mol. The van der Waals surface area contributed by atoms with E-state index in [0.717, 1.165) is 27.7 Å². The maximum Gasteiger partial charge on any atom is 0.338 e. The molecule has 5 nitrogen and oxygen atoms in total. The van der Waals surface area contributed by atoms with E-state index >= 15 is 0 Å². The van der Waals surface area contributed by atoms with Gasteiger partial charge in [0, 0.05) is 31.2 Å². The Morgan fingerprint density at radius 2 is 1.87 bits per heavy atom. The Hall–Kier alpha value is -2.15. The van der Waals surface area contributed by atoms with Crippen molar-refractivity contribution in [3.8, 4) is 0 Å². The molecule has 0 saturated heterocycles. The number of nitrogens with one attached hydrogen (secondary N) is 1. The third-order valence-corrected chi connectivity index (χ3v) is 6.50. The molecule has 1 N–H and O–H groups in total. The number of amidine groups is 1. The predicted octanol–water partition coefficient (Wildman–Crippen LogP) is 5.83. The summed E-state index contributed by atoms with van der Waals surface area (Å²) in [5.41, 5.74) is 4.31. The number of carbonyl (C=O) groups excluding carboxylic acids is 1. The van der Waals surface area contributed by atoms with Crippen molar-refractivity contribution in [2.45, 2.75) is 25.6 Å². The third-order valence-electron chi connectivity index (χ3n) is 4.80. The molecule has 0 aliphatic carbocycles. The summed E-state index contributed by atoms with van der Waals surface area (Å²) in [6.45, 7) is 3.99. The van der Waals surface area contributed by atoms with Crippen molar-refractivity contribution in [2.75, 3.05) is 25.6 Å². The van der Waals surface area contributed by atoms with Crippen LogP contribution in [0.4, 0.5) is 5.69 Å². The van der Waals surface area contributed by atoms with Crippen molar-refractivity contribution >= 4 is 51.8 Å². The van der Waals surface area contributed by atoms with Gasteiger partial charge in [-0.25, -0.2) is 9.79 Å². The molecule has 0 fully saturated rings. The molecule has 0 spiro atoms. The van der Waals surface area contributed by atoms with Gasteiger partial charge in [-0.1, -0.05) is 53.2 Å². The highest BCUT2D eigenvalue weighted by Crippen LogP contribution is 2.34. The number of thioether (sulfide) groups is 1. The zero-order valence-electron chi connectivity index (χ0n) is 17.9. The lowest BCUT2D eigenvalue weighted by atomic mass is 9.96. The lowest BCUT2D eigenvalue weighted by molar-refractivity contribution is -0.138. The minimum Gasteiger partial charge on any atom is -0.463 e. The number of anilines is 1. The SMILES string of the molecule is CCOC(=O)C1=C(C)NC(SCc2ccc(Cl)c(Cl)c2)=N[C@H]1c1ccc(N(C)C)cc1. The van der Waals surface area contributed by atoms with E-state index in [0.29, 0.717) is 28.0 Å². The minimum atomic E-state index is -0.437. The molecular formula is C23H25Cl2N3O2S. The second kappa shape index (κ2) is 10.4. The van der Waals surface area contributed by atoms with Gasteiger partial charge in [-0.05, 0) is 49.2 Å². The number of ether oxygens (including phenoxy) is 1. The van der Waals surface area contributed by atoms with E-state index in [4.69, 9.17) is 32.9 Å². The molecule has 0 bridgehead atoms. The minimum absolute atomic E-state index is 0.310. The van der Waals surface area contributed by atoms with Gasteiger partial charge in [0.2, 0.25) is 0 Å². The third kappa shape index (κ3) is 5.76. The van der Waals surface area contributed by atoms with Crippen molar-refractivity contribution in [1.82, 2.24) is 5.32 Å². The lowest BCUT2D eigenvalue weighted by Gasteiger charge is -2.26. The van der Waals surface area contributed by atoms with Gasteiger partial charge in [0.25, 0.3) is 0 Å². The molecule has 1 atom stereocenters. The van der Waals surface area contributed by atoms with Crippen molar-refractivity contribution in [3.63, 3.8) is 0 Å². The number of carbonyl (C=O) groups is 1. The fraction of sp³-hybridized carbons (Fsp3) is 0.304. The van der Waals surface area contributed by atoms with Crippen LogP contribution in [0, 0.1) is 0 Å². The first-order chi connectivity index (χ1) is 14.8. The summed E-state index contributed by atoms with van der Waals surface area (Å²) in [4.78, 5) is 19.6. The molecule has 0 aromatic heterocycles. The maximum atomic E-state index is 12.7. The van der Waals surface area contributed by atoms with Crippen LogP contribution in [0.3, 0.4) is 0 Å². The van der Waals surface area contributed by atoms with E-state index in [-0.39, 0.29) is 5.97 Å². The van der Waals surface area contributed by atoms with Gasteiger partial charge in [0.05, 0.1) is 22.2 Å². The molecule has 1 aliphatic rings. The first kappa shape index (κ1) is 23.5. The maximum absolute atomic E-state index is 12.7. The van der Waals surface area contributed by atoms with E-state index in [9.17, 15) is 4.79 Å². The quantitative estimate of drug-likeness (QED) is 0.530. The number of hydrogen-bond donors (Lipinski definition) is 1. The van der Waals surface area contributed by atoms with Crippen LogP contribution in [-0.4, -0.2) is 31.8 Å². The summed E-state index contributed by atoms with van der Waals surface area (Å²) < 4.78 is 5.31. The molecule has 31 heavy (non-hydrogen) atoms. The van der Waals surface area contributed by atoms with Gasteiger partial charge in [0.1, 0.15) is 6.04 Å². The fourth-order valence-electron chi connectivity index (χ4n) is 3.17. The van der Waals surface area contributed by atoms with E-state index in [1.807, 2.05) is 62.3 Å². The van der Waals surface area contributed by atoms with Crippen LogP contribution in [0.5, 0.6) is 0 Å². The number of aliphatic imine (C=N–C) groups is 1. The molecule has 2 aromatic rings. The van der Waals surface area contributed by atoms with Crippen LogP contribution in [0.1, 0.15) is 31.0 Å². The Labute approximate surface area is 197 Å². The van der Waals surface area contributed by atoms with Crippen LogP contribution in [0.25, 0.3) is 0 Å². The molecule has 0 unspecified atom stereocenters. The van der Waals surface area contributed by atoms with Crippen LogP contribution in [0.15, 0.2) is 58.7 Å². The van der Waals surface area contributed by atoms with Gasteiger partial charge in [-0.15, -0.1) is 0 Å². The molecule has 2 aromatic carbocycles. The van der Waals surface area contributed by atoms with Crippen molar-refractivity contribution in [1.29, 1.82) is 0 Å². The van der Waals surface area contributed by atoms with Gasteiger partial charge < -0.3 is 15.0 Å². The molecule has 0 amide bonds. The van der Waals surface area contributed by atoms with Gasteiger partial charge in [-0.2, -0.15) is 0 Å². The Balaban J connectivity index is 1.88. The van der Waals surface area contributed by atoms with Gasteiger partial charge in [0.15, 0.2) is 5.17 Å². The molecule has 0 saturated carbocycles. The molecular weight excluding hydrogens is 453 g/mol. The molecule has 0 radical (unpaired) electrons. The number of halogens is 2. The van der Waals surface area contributed by atoms with E-state index in [1.165, 1.54) is 0 Å². The second-order valence-corrected chi connectivity index (χ2v) is 9.02. The van der Waals surface area contributed by atoms with E-state index in [2.05, 4.69) is 5.32 Å². The molecule has 3 rings (SSSR count). The fourth-order valence-corrected chi connectivity index (χ4v) is 4.38. The second-order valence-electron chi connectivity index (χ2n) is 7.24. The van der Waals surface area contributed by atoms with Gasteiger partial charge >= 0.3 is 5.97 Å². The standard InChI is InChI=1S/C23H25Cl2N3O2S/c1-5-30-22(29)20-14(2)26-23(31-13-15-6-11-18(24)19(25)12-15)27-21(20)16-7-9-17(10-8-16)28(3)4/h6-12,21H,5,13H2,1-4H3,(H,26,27)/t21-/m0/s1. The van der Waals surface area contributed by atoms with Crippen LogP contribution >= 0.6 is 35.0 Å². The first-order valence-corrected chi connectivity index (χ1v) is 11.6. The zero-order chi connectivity index (χ0) is 22.5. The number of benzene rings is 2. The smallest absolute Gasteiger partial charge is 0.338 e. The highest BCUT2D eigenvalue weighted by atomic mass is 35.5. The number of nitrogens with zero attached hydrogens (tertiary/aromatic N) is 2. The average molecular weight is 478 g/mol. The number of esters is 1. The zero-order valence-corrected chi connectivity index (χ0v) is 20.2. The summed E-state index contributed by atoms with van der Waals surface area (Å²) >= 11 is 13.7. The van der Waals surface area contributed by atoms with E-state index in [1.54, 1.807) is 24.8 Å². The summed E-state index contributed by atoms with van der Waals surface area (Å²) in [6.07, 6.45) is 0. The van der Waals surface area contributed by atoms with E-state index < -0.39 is 6.04 Å². The monoisotopic (exact) mass is 477 g/mol. The van der Waals surface area contributed by atoms with Crippen molar-refractivity contribution in [3.05, 3.63) is 74.9 Å². The summed E-state index contributed by atoms with van der Waals surface area (Å²) in [6, 6.07) is 13.2. The highest BCUT2D eigenvalue weighted by molar-refractivity contribution is 8.13. The normalized spacial score (nSPS) is 15.9.